The molecule has 1 aromatic rings. The van der Waals surface area contributed by atoms with Crippen LogP contribution in [0.3, 0.4) is 0 Å². The van der Waals surface area contributed by atoms with E-state index in [9.17, 15) is 0 Å². The Kier molecular flexibility index (Phi) is 4.79. The first-order valence-electron chi connectivity index (χ1n) is 7.22. The van der Waals surface area contributed by atoms with E-state index >= 15 is 0 Å². The largest absolute Gasteiger partial charge is 0.312 e. The quantitative estimate of drug-likeness (QED) is 0.877. The molecule has 18 heavy (non-hydrogen) atoms. The van der Waals surface area contributed by atoms with Gasteiger partial charge in [-0.25, -0.2) is 0 Å². The summed E-state index contributed by atoms with van der Waals surface area (Å²) in [4.78, 5) is 2.60. The SMILES string of the molecule is CC(C)NC1CCN(C(C)c2ccccc2)CC1. The summed E-state index contributed by atoms with van der Waals surface area (Å²) in [7, 11) is 0. The van der Waals surface area contributed by atoms with Crippen LogP contribution in [-0.2, 0) is 0 Å². The van der Waals surface area contributed by atoms with E-state index in [1.807, 2.05) is 0 Å². The van der Waals surface area contributed by atoms with Crippen LogP contribution in [0.4, 0.5) is 0 Å². The molecule has 100 valence electrons. The average Bonchev–Trinajstić information content (AvgIpc) is 2.39. The summed E-state index contributed by atoms with van der Waals surface area (Å²) < 4.78 is 0. The molecular weight excluding hydrogens is 220 g/mol. The fourth-order valence-corrected chi connectivity index (χ4v) is 2.87. The van der Waals surface area contributed by atoms with E-state index in [1.54, 1.807) is 0 Å². The summed E-state index contributed by atoms with van der Waals surface area (Å²) in [6.07, 6.45) is 2.55. The molecule has 1 aromatic carbocycles. The summed E-state index contributed by atoms with van der Waals surface area (Å²) in [5.74, 6) is 0. The van der Waals surface area contributed by atoms with E-state index in [0.29, 0.717) is 18.1 Å². The summed E-state index contributed by atoms with van der Waals surface area (Å²) in [6.45, 7) is 9.21. The Morgan fingerprint density at radius 2 is 1.67 bits per heavy atom. The molecule has 1 fully saturated rings. The fourth-order valence-electron chi connectivity index (χ4n) is 2.87. The summed E-state index contributed by atoms with van der Waals surface area (Å²) in [5.41, 5.74) is 1.44. The lowest BCUT2D eigenvalue weighted by molar-refractivity contribution is 0.149. The smallest absolute Gasteiger partial charge is 0.0319 e. The van der Waals surface area contributed by atoms with Crippen molar-refractivity contribution in [1.82, 2.24) is 10.2 Å². The number of hydrogen-bond donors (Lipinski definition) is 1. The molecule has 0 aliphatic carbocycles. The Labute approximate surface area is 111 Å². The number of piperidine rings is 1. The summed E-state index contributed by atoms with van der Waals surface area (Å²) in [6, 6.07) is 12.7. The van der Waals surface area contributed by atoms with Gasteiger partial charge < -0.3 is 5.32 Å². The first-order valence-corrected chi connectivity index (χ1v) is 7.22. The highest BCUT2D eigenvalue weighted by atomic mass is 15.2. The minimum Gasteiger partial charge on any atom is -0.312 e. The molecule has 0 spiro atoms. The monoisotopic (exact) mass is 246 g/mol. The molecular formula is C16H26N2. The van der Waals surface area contributed by atoms with Gasteiger partial charge in [-0.1, -0.05) is 44.2 Å². The van der Waals surface area contributed by atoms with Crippen LogP contribution in [0.15, 0.2) is 30.3 Å². The normalized spacial score (nSPS) is 20.2. The van der Waals surface area contributed by atoms with E-state index in [-0.39, 0.29) is 0 Å². The number of rotatable bonds is 4. The lowest BCUT2D eigenvalue weighted by Gasteiger charge is -2.37. The molecule has 1 aliphatic heterocycles. The minimum absolute atomic E-state index is 0.547. The van der Waals surface area contributed by atoms with Crippen molar-refractivity contribution in [3.05, 3.63) is 35.9 Å². The highest BCUT2D eigenvalue weighted by molar-refractivity contribution is 5.18. The number of likely N-dealkylation sites (tertiary alicyclic amines) is 1. The Bertz CT molecular complexity index is 339. The molecule has 2 nitrogen and oxygen atoms in total. The topological polar surface area (TPSA) is 15.3 Å². The lowest BCUT2D eigenvalue weighted by atomic mass is 10.00. The lowest BCUT2D eigenvalue weighted by Crippen LogP contribution is -2.45. The van der Waals surface area contributed by atoms with E-state index in [1.165, 1.54) is 31.5 Å². The maximum atomic E-state index is 3.65. The first-order chi connectivity index (χ1) is 8.66. The second kappa shape index (κ2) is 6.35. The van der Waals surface area contributed by atoms with Gasteiger partial charge in [0.15, 0.2) is 0 Å². The van der Waals surface area contributed by atoms with Crippen molar-refractivity contribution in [2.24, 2.45) is 0 Å². The first kappa shape index (κ1) is 13.6. The predicted molar refractivity (Wildman–Crippen MR) is 77.7 cm³/mol. The molecule has 0 saturated carbocycles. The molecule has 0 bridgehead atoms. The third kappa shape index (κ3) is 3.56. The van der Waals surface area contributed by atoms with E-state index in [2.05, 4.69) is 61.3 Å². The van der Waals surface area contributed by atoms with E-state index < -0.39 is 0 Å². The van der Waals surface area contributed by atoms with Crippen molar-refractivity contribution < 1.29 is 0 Å². The van der Waals surface area contributed by atoms with Crippen LogP contribution >= 0.6 is 0 Å². The highest BCUT2D eigenvalue weighted by Gasteiger charge is 2.23. The predicted octanol–water partition coefficient (Wildman–Crippen LogP) is 3.21. The van der Waals surface area contributed by atoms with Crippen LogP contribution < -0.4 is 5.32 Å². The van der Waals surface area contributed by atoms with Crippen LogP contribution in [0, 0.1) is 0 Å². The summed E-state index contributed by atoms with van der Waals surface area (Å²) >= 11 is 0. The maximum Gasteiger partial charge on any atom is 0.0319 e. The molecule has 1 saturated heterocycles. The fraction of sp³-hybridized carbons (Fsp3) is 0.625. The van der Waals surface area contributed by atoms with Crippen molar-refractivity contribution in [2.45, 2.75) is 51.7 Å². The van der Waals surface area contributed by atoms with Crippen molar-refractivity contribution in [1.29, 1.82) is 0 Å². The number of nitrogens with zero attached hydrogens (tertiary/aromatic N) is 1. The van der Waals surface area contributed by atoms with Crippen LogP contribution in [0.25, 0.3) is 0 Å². The molecule has 2 rings (SSSR count). The molecule has 1 N–H and O–H groups in total. The zero-order valence-electron chi connectivity index (χ0n) is 11.9. The Morgan fingerprint density at radius 1 is 1.06 bits per heavy atom. The van der Waals surface area contributed by atoms with E-state index in [0.717, 1.165) is 0 Å². The van der Waals surface area contributed by atoms with Gasteiger partial charge in [0.05, 0.1) is 0 Å². The Hall–Kier alpha value is -0.860. The van der Waals surface area contributed by atoms with Crippen molar-refractivity contribution in [3.8, 4) is 0 Å². The molecule has 1 heterocycles. The summed E-state index contributed by atoms with van der Waals surface area (Å²) in [5, 5.41) is 3.65. The molecule has 0 aromatic heterocycles. The number of benzene rings is 1. The third-order valence-electron chi connectivity index (χ3n) is 3.93. The molecule has 0 amide bonds. The Balaban J connectivity index is 1.86. The van der Waals surface area contributed by atoms with E-state index in [4.69, 9.17) is 0 Å². The zero-order chi connectivity index (χ0) is 13.0. The van der Waals surface area contributed by atoms with Gasteiger partial charge in [0.25, 0.3) is 0 Å². The van der Waals surface area contributed by atoms with Gasteiger partial charge in [-0.3, -0.25) is 4.90 Å². The zero-order valence-corrected chi connectivity index (χ0v) is 11.9. The van der Waals surface area contributed by atoms with Gasteiger partial charge in [0.1, 0.15) is 0 Å². The van der Waals surface area contributed by atoms with Gasteiger partial charge >= 0.3 is 0 Å². The van der Waals surface area contributed by atoms with Gasteiger partial charge in [-0.2, -0.15) is 0 Å². The van der Waals surface area contributed by atoms with Crippen LogP contribution in [0.1, 0.15) is 45.2 Å². The van der Waals surface area contributed by atoms with Crippen molar-refractivity contribution in [2.75, 3.05) is 13.1 Å². The van der Waals surface area contributed by atoms with Crippen LogP contribution in [-0.4, -0.2) is 30.1 Å². The average molecular weight is 246 g/mol. The molecule has 1 aliphatic rings. The van der Waals surface area contributed by atoms with Gasteiger partial charge in [-0.15, -0.1) is 0 Å². The van der Waals surface area contributed by atoms with Crippen LogP contribution in [0.5, 0.6) is 0 Å². The standard InChI is InChI=1S/C16H26N2/c1-13(2)17-16-9-11-18(12-10-16)14(3)15-7-5-4-6-8-15/h4-8,13-14,16-17H,9-12H2,1-3H3. The highest BCUT2D eigenvalue weighted by Crippen LogP contribution is 2.24. The Morgan fingerprint density at radius 3 is 2.22 bits per heavy atom. The minimum atomic E-state index is 0.547. The third-order valence-corrected chi connectivity index (χ3v) is 3.93. The van der Waals surface area contributed by atoms with Gasteiger partial charge in [-0.05, 0) is 25.3 Å². The van der Waals surface area contributed by atoms with Crippen molar-refractivity contribution in [3.63, 3.8) is 0 Å². The molecule has 1 unspecified atom stereocenters. The number of nitrogens with one attached hydrogen (secondary N) is 1. The molecule has 2 heteroatoms. The molecule has 0 radical (unpaired) electrons. The van der Waals surface area contributed by atoms with Gasteiger partial charge in [0.2, 0.25) is 0 Å². The van der Waals surface area contributed by atoms with Crippen molar-refractivity contribution >= 4 is 0 Å². The second-order valence-corrected chi connectivity index (χ2v) is 5.72. The molecule has 1 atom stereocenters. The number of hydrogen-bond acceptors (Lipinski definition) is 2. The van der Waals surface area contributed by atoms with Gasteiger partial charge in [0, 0.05) is 31.2 Å². The van der Waals surface area contributed by atoms with Crippen LogP contribution in [0.2, 0.25) is 0 Å². The second-order valence-electron chi connectivity index (χ2n) is 5.72. The maximum absolute atomic E-state index is 3.65.